The number of aromatic hydroxyl groups is 1. The molecular formula is C13H19FN2O. The van der Waals surface area contributed by atoms with E-state index in [-0.39, 0.29) is 17.6 Å². The summed E-state index contributed by atoms with van der Waals surface area (Å²) in [6.07, 6.45) is 1.91. The number of phenols is 1. The summed E-state index contributed by atoms with van der Waals surface area (Å²) < 4.78 is 13.1. The van der Waals surface area contributed by atoms with Crippen LogP contribution < -0.4 is 5.73 Å². The zero-order chi connectivity index (χ0) is 12.4. The van der Waals surface area contributed by atoms with Gasteiger partial charge in [0.1, 0.15) is 11.6 Å². The molecule has 1 aliphatic heterocycles. The molecule has 0 bridgehead atoms. The summed E-state index contributed by atoms with van der Waals surface area (Å²) in [6.45, 7) is 3.60. The summed E-state index contributed by atoms with van der Waals surface area (Å²) in [7, 11) is 0. The molecule has 3 N–H and O–H groups in total. The number of halogens is 1. The lowest BCUT2D eigenvalue weighted by atomic mass is 9.98. The van der Waals surface area contributed by atoms with Gasteiger partial charge in [0.25, 0.3) is 0 Å². The van der Waals surface area contributed by atoms with E-state index in [0.717, 1.165) is 19.4 Å². The number of nitrogens with two attached hydrogens (primary N) is 1. The molecule has 4 heteroatoms. The van der Waals surface area contributed by atoms with E-state index in [0.29, 0.717) is 18.2 Å². The Morgan fingerprint density at radius 2 is 2.29 bits per heavy atom. The fourth-order valence-corrected chi connectivity index (χ4v) is 2.39. The van der Waals surface area contributed by atoms with Crippen LogP contribution in [0.15, 0.2) is 18.2 Å². The highest BCUT2D eigenvalue weighted by atomic mass is 19.1. The first kappa shape index (κ1) is 12.3. The molecule has 1 aliphatic rings. The van der Waals surface area contributed by atoms with Crippen LogP contribution in [0.2, 0.25) is 0 Å². The van der Waals surface area contributed by atoms with Crippen LogP contribution in [0, 0.1) is 5.82 Å². The van der Waals surface area contributed by atoms with Crippen molar-refractivity contribution in [3.63, 3.8) is 0 Å². The quantitative estimate of drug-likeness (QED) is 0.826. The van der Waals surface area contributed by atoms with E-state index in [2.05, 4.69) is 11.8 Å². The van der Waals surface area contributed by atoms with Crippen molar-refractivity contribution in [1.29, 1.82) is 0 Å². The third kappa shape index (κ3) is 2.96. The van der Waals surface area contributed by atoms with Crippen molar-refractivity contribution in [2.75, 3.05) is 6.54 Å². The molecule has 2 unspecified atom stereocenters. The van der Waals surface area contributed by atoms with E-state index in [1.165, 1.54) is 18.2 Å². The van der Waals surface area contributed by atoms with Crippen LogP contribution in [0.3, 0.4) is 0 Å². The van der Waals surface area contributed by atoms with E-state index < -0.39 is 0 Å². The predicted molar refractivity (Wildman–Crippen MR) is 65.1 cm³/mol. The SMILES string of the molecule is CC1CC(N)CCN1Cc1cc(F)ccc1O. The van der Waals surface area contributed by atoms with E-state index in [1.807, 2.05) is 0 Å². The Balaban J connectivity index is 2.07. The van der Waals surface area contributed by atoms with Crippen molar-refractivity contribution in [3.05, 3.63) is 29.6 Å². The number of hydrogen-bond donors (Lipinski definition) is 2. The van der Waals surface area contributed by atoms with Gasteiger partial charge in [-0.1, -0.05) is 0 Å². The minimum atomic E-state index is -0.306. The third-order valence-electron chi connectivity index (χ3n) is 3.47. The second-order valence-corrected chi connectivity index (χ2v) is 4.88. The topological polar surface area (TPSA) is 49.5 Å². The molecule has 2 rings (SSSR count). The van der Waals surface area contributed by atoms with Crippen LogP contribution in [0.1, 0.15) is 25.3 Å². The highest BCUT2D eigenvalue weighted by Gasteiger charge is 2.23. The average molecular weight is 238 g/mol. The molecule has 1 fully saturated rings. The van der Waals surface area contributed by atoms with Crippen LogP contribution in [-0.4, -0.2) is 28.6 Å². The molecule has 0 spiro atoms. The molecule has 0 radical (unpaired) electrons. The number of piperidine rings is 1. The lowest BCUT2D eigenvalue weighted by molar-refractivity contribution is 0.138. The zero-order valence-corrected chi connectivity index (χ0v) is 10.1. The summed E-state index contributed by atoms with van der Waals surface area (Å²) in [5.41, 5.74) is 6.54. The molecule has 3 nitrogen and oxygen atoms in total. The van der Waals surface area contributed by atoms with Gasteiger partial charge in [-0.3, -0.25) is 4.90 Å². The molecule has 1 saturated heterocycles. The molecule has 94 valence electrons. The van der Waals surface area contributed by atoms with Gasteiger partial charge in [0.05, 0.1) is 0 Å². The van der Waals surface area contributed by atoms with Gasteiger partial charge >= 0.3 is 0 Å². The van der Waals surface area contributed by atoms with Crippen LogP contribution in [-0.2, 0) is 6.54 Å². The summed E-state index contributed by atoms with van der Waals surface area (Å²) in [5.74, 6) is -0.146. The van der Waals surface area contributed by atoms with Gasteiger partial charge in [-0.25, -0.2) is 4.39 Å². The fraction of sp³-hybridized carbons (Fsp3) is 0.538. The summed E-state index contributed by atoms with van der Waals surface area (Å²) in [5, 5.41) is 9.69. The first-order chi connectivity index (χ1) is 8.06. The maximum absolute atomic E-state index is 13.1. The monoisotopic (exact) mass is 238 g/mol. The van der Waals surface area contributed by atoms with Gasteiger partial charge in [-0.05, 0) is 38.0 Å². The number of nitrogens with zero attached hydrogens (tertiary/aromatic N) is 1. The van der Waals surface area contributed by atoms with Crippen LogP contribution in [0.5, 0.6) is 5.75 Å². The van der Waals surface area contributed by atoms with Crippen LogP contribution in [0.25, 0.3) is 0 Å². The number of rotatable bonds is 2. The molecule has 17 heavy (non-hydrogen) atoms. The Morgan fingerprint density at radius 3 is 3.00 bits per heavy atom. The second-order valence-electron chi connectivity index (χ2n) is 4.88. The Hall–Kier alpha value is -1.13. The van der Waals surface area contributed by atoms with Crippen molar-refractivity contribution < 1.29 is 9.50 Å². The van der Waals surface area contributed by atoms with E-state index in [9.17, 15) is 9.50 Å². The lowest BCUT2D eigenvalue weighted by Crippen LogP contribution is -2.44. The maximum atomic E-state index is 13.1. The van der Waals surface area contributed by atoms with Gasteiger partial charge in [0.2, 0.25) is 0 Å². The smallest absolute Gasteiger partial charge is 0.123 e. The second kappa shape index (κ2) is 5.02. The number of hydrogen-bond acceptors (Lipinski definition) is 3. The molecule has 1 aromatic carbocycles. The van der Waals surface area contributed by atoms with Crippen molar-refractivity contribution in [3.8, 4) is 5.75 Å². The normalized spacial score (nSPS) is 26.1. The highest BCUT2D eigenvalue weighted by Crippen LogP contribution is 2.24. The van der Waals surface area contributed by atoms with Gasteiger partial charge in [-0.2, -0.15) is 0 Å². The fourth-order valence-electron chi connectivity index (χ4n) is 2.39. The van der Waals surface area contributed by atoms with E-state index >= 15 is 0 Å². The average Bonchev–Trinajstić information content (AvgIpc) is 2.27. The summed E-state index contributed by atoms with van der Waals surface area (Å²) in [4.78, 5) is 2.23. The van der Waals surface area contributed by atoms with Crippen molar-refractivity contribution in [2.45, 2.75) is 38.4 Å². The Labute approximate surface area is 101 Å². The molecule has 2 atom stereocenters. The zero-order valence-electron chi connectivity index (χ0n) is 10.1. The number of phenolic OH excluding ortho intramolecular Hbond substituents is 1. The van der Waals surface area contributed by atoms with Gasteiger partial charge < -0.3 is 10.8 Å². The predicted octanol–water partition coefficient (Wildman–Crippen LogP) is 1.84. The molecule has 1 heterocycles. The van der Waals surface area contributed by atoms with Crippen LogP contribution >= 0.6 is 0 Å². The number of benzene rings is 1. The lowest BCUT2D eigenvalue weighted by Gasteiger charge is -2.36. The largest absolute Gasteiger partial charge is 0.508 e. The Morgan fingerprint density at radius 1 is 1.53 bits per heavy atom. The third-order valence-corrected chi connectivity index (χ3v) is 3.47. The molecule has 0 aliphatic carbocycles. The minimum Gasteiger partial charge on any atom is -0.508 e. The molecule has 0 amide bonds. The van der Waals surface area contributed by atoms with Gasteiger partial charge in [-0.15, -0.1) is 0 Å². The Bertz CT molecular complexity index is 397. The van der Waals surface area contributed by atoms with Crippen LogP contribution in [0.4, 0.5) is 4.39 Å². The molecule has 1 aromatic rings. The minimum absolute atomic E-state index is 0.161. The molecule has 0 aromatic heterocycles. The van der Waals surface area contributed by atoms with Crippen molar-refractivity contribution in [2.24, 2.45) is 5.73 Å². The summed E-state index contributed by atoms with van der Waals surface area (Å²) in [6, 6.07) is 4.72. The van der Waals surface area contributed by atoms with Gasteiger partial charge in [0, 0.05) is 30.7 Å². The number of likely N-dealkylation sites (tertiary alicyclic amines) is 1. The molecule has 0 saturated carbocycles. The first-order valence-corrected chi connectivity index (χ1v) is 6.03. The molecular weight excluding hydrogens is 219 g/mol. The van der Waals surface area contributed by atoms with E-state index in [4.69, 9.17) is 5.73 Å². The van der Waals surface area contributed by atoms with Gasteiger partial charge in [0.15, 0.2) is 0 Å². The highest BCUT2D eigenvalue weighted by molar-refractivity contribution is 5.32. The Kier molecular flexibility index (Phi) is 3.64. The first-order valence-electron chi connectivity index (χ1n) is 6.03. The standard InChI is InChI=1S/C13H19FN2O/c1-9-6-12(15)4-5-16(9)8-10-7-11(14)2-3-13(10)17/h2-3,7,9,12,17H,4-6,8,15H2,1H3. The summed E-state index contributed by atoms with van der Waals surface area (Å²) >= 11 is 0. The van der Waals surface area contributed by atoms with E-state index in [1.54, 1.807) is 0 Å². The maximum Gasteiger partial charge on any atom is 0.123 e. The van der Waals surface area contributed by atoms with Crippen molar-refractivity contribution >= 4 is 0 Å². The van der Waals surface area contributed by atoms with Crippen molar-refractivity contribution in [1.82, 2.24) is 4.90 Å².